The van der Waals surface area contributed by atoms with Gasteiger partial charge in [0.15, 0.2) is 11.6 Å². The number of sulfonamides is 1. The molecule has 0 fully saturated rings. The number of amides is 1. The van der Waals surface area contributed by atoms with Gasteiger partial charge in [-0.25, -0.2) is 26.5 Å². The number of hydrogen-bond donors (Lipinski definition) is 0. The molecule has 0 unspecified atom stereocenters. The predicted octanol–water partition coefficient (Wildman–Crippen LogP) is 3.46. The standard InChI is InChI=1S/C21H15F2N2O4S/c1-2-29-20-14(9-6-10-24-20)19-15-11-16(22)17(23)12-18(15)25(21(19)26)30(27,28)13-7-4-3-5-8-13/h3-12H,2H2,1H3. The number of carbonyl (C=O) groups excluding carboxylic acids is 1. The number of aromatic nitrogens is 1. The minimum Gasteiger partial charge on any atom is -0.478 e. The molecule has 9 heteroatoms. The third-order valence-electron chi connectivity index (χ3n) is 4.53. The van der Waals surface area contributed by atoms with Crippen molar-refractivity contribution >= 4 is 21.6 Å². The molecule has 0 N–H and O–H groups in total. The number of pyridine rings is 1. The molecule has 153 valence electrons. The Morgan fingerprint density at radius 3 is 2.40 bits per heavy atom. The Labute approximate surface area is 171 Å². The normalized spacial score (nSPS) is 14.1. The molecule has 1 radical (unpaired) electrons. The van der Waals surface area contributed by atoms with E-state index in [4.69, 9.17) is 4.74 Å². The number of ether oxygens (including phenoxy) is 1. The van der Waals surface area contributed by atoms with E-state index in [-0.39, 0.29) is 40.1 Å². The zero-order valence-corrected chi connectivity index (χ0v) is 16.5. The SMILES string of the molecule is CCOc1ncccc1[C]1C(=O)N(S(=O)(=O)c2ccccc2)c2cc(F)c(F)cc21. The summed E-state index contributed by atoms with van der Waals surface area (Å²) in [6, 6.07) is 11.8. The van der Waals surface area contributed by atoms with Crippen molar-refractivity contribution in [2.45, 2.75) is 11.8 Å². The topological polar surface area (TPSA) is 76.6 Å². The molecule has 0 saturated heterocycles. The number of benzene rings is 2. The van der Waals surface area contributed by atoms with Gasteiger partial charge in [-0.1, -0.05) is 24.3 Å². The predicted molar refractivity (Wildman–Crippen MR) is 104 cm³/mol. The molecule has 2 aromatic carbocycles. The van der Waals surface area contributed by atoms with Gasteiger partial charge in [-0.3, -0.25) is 4.79 Å². The summed E-state index contributed by atoms with van der Waals surface area (Å²) in [6.45, 7) is 1.96. The van der Waals surface area contributed by atoms with Crippen molar-refractivity contribution in [3.8, 4) is 5.88 Å². The lowest BCUT2D eigenvalue weighted by atomic mass is 9.93. The number of hydrogen-bond acceptors (Lipinski definition) is 5. The summed E-state index contributed by atoms with van der Waals surface area (Å²) in [7, 11) is -4.38. The number of halogens is 2. The van der Waals surface area contributed by atoms with E-state index in [1.165, 1.54) is 42.6 Å². The van der Waals surface area contributed by atoms with Gasteiger partial charge < -0.3 is 4.74 Å². The number of anilines is 1. The Morgan fingerprint density at radius 1 is 1.00 bits per heavy atom. The Balaban J connectivity index is 1.95. The number of nitrogens with zero attached hydrogens (tertiary/aromatic N) is 2. The number of carbonyl (C=O) groups is 1. The lowest BCUT2D eigenvalue weighted by Gasteiger charge is -2.18. The summed E-state index contributed by atoms with van der Waals surface area (Å²) in [4.78, 5) is 17.3. The molecular formula is C21H15F2N2O4S. The lowest BCUT2D eigenvalue weighted by Crippen LogP contribution is -2.35. The van der Waals surface area contributed by atoms with Crippen LogP contribution in [0.2, 0.25) is 0 Å². The molecule has 1 aromatic heterocycles. The van der Waals surface area contributed by atoms with Crippen molar-refractivity contribution in [1.29, 1.82) is 0 Å². The van der Waals surface area contributed by atoms with Crippen LogP contribution in [0.3, 0.4) is 0 Å². The van der Waals surface area contributed by atoms with Crippen LogP contribution in [0.5, 0.6) is 5.88 Å². The van der Waals surface area contributed by atoms with Crippen LogP contribution in [0, 0.1) is 17.6 Å². The van der Waals surface area contributed by atoms with Gasteiger partial charge in [0.25, 0.3) is 15.9 Å². The summed E-state index contributed by atoms with van der Waals surface area (Å²) in [5, 5.41) is 0. The van der Waals surface area contributed by atoms with Crippen LogP contribution in [0.4, 0.5) is 14.5 Å². The molecule has 0 aliphatic carbocycles. The zero-order valence-electron chi connectivity index (χ0n) is 15.7. The van der Waals surface area contributed by atoms with Gasteiger partial charge in [0.2, 0.25) is 5.88 Å². The maximum absolute atomic E-state index is 14.1. The highest BCUT2D eigenvalue weighted by Crippen LogP contribution is 2.45. The minimum atomic E-state index is -4.38. The third-order valence-corrected chi connectivity index (χ3v) is 6.24. The number of fused-ring (bicyclic) bond motifs is 1. The molecule has 1 amide bonds. The third kappa shape index (κ3) is 3.11. The molecule has 6 nitrogen and oxygen atoms in total. The largest absolute Gasteiger partial charge is 0.478 e. The van der Waals surface area contributed by atoms with E-state index in [1.54, 1.807) is 13.0 Å². The monoisotopic (exact) mass is 429 g/mol. The van der Waals surface area contributed by atoms with E-state index in [2.05, 4.69) is 4.98 Å². The molecule has 1 aliphatic rings. The molecule has 2 heterocycles. The van der Waals surface area contributed by atoms with E-state index < -0.39 is 27.6 Å². The highest BCUT2D eigenvalue weighted by molar-refractivity contribution is 7.93. The smallest absolute Gasteiger partial charge is 0.270 e. The van der Waals surface area contributed by atoms with E-state index in [9.17, 15) is 22.0 Å². The van der Waals surface area contributed by atoms with Crippen LogP contribution < -0.4 is 9.04 Å². The maximum atomic E-state index is 14.1. The first-order valence-electron chi connectivity index (χ1n) is 8.95. The van der Waals surface area contributed by atoms with Crippen molar-refractivity contribution in [2.24, 2.45) is 0 Å². The Bertz CT molecular complexity index is 1230. The van der Waals surface area contributed by atoms with Crippen molar-refractivity contribution < 1.29 is 26.7 Å². The van der Waals surface area contributed by atoms with Crippen LogP contribution in [-0.2, 0) is 14.8 Å². The van der Waals surface area contributed by atoms with E-state index in [1.807, 2.05) is 0 Å². The maximum Gasteiger partial charge on any atom is 0.270 e. The van der Waals surface area contributed by atoms with Gasteiger partial charge in [-0.15, -0.1) is 0 Å². The van der Waals surface area contributed by atoms with Gasteiger partial charge >= 0.3 is 0 Å². The summed E-state index contributed by atoms with van der Waals surface area (Å²) >= 11 is 0. The quantitative estimate of drug-likeness (QED) is 0.621. The first kappa shape index (κ1) is 20.0. The molecular weight excluding hydrogens is 414 g/mol. The van der Waals surface area contributed by atoms with Gasteiger partial charge in [-0.2, -0.15) is 0 Å². The first-order valence-corrected chi connectivity index (χ1v) is 10.4. The van der Waals surface area contributed by atoms with Crippen molar-refractivity contribution in [3.63, 3.8) is 0 Å². The van der Waals surface area contributed by atoms with E-state index >= 15 is 0 Å². The number of rotatable bonds is 5. The van der Waals surface area contributed by atoms with Gasteiger partial charge in [0, 0.05) is 23.4 Å². The second-order valence-electron chi connectivity index (χ2n) is 6.34. The Morgan fingerprint density at radius 2 is 1.70 bits per heavy atom. The van der Waals surface area contributed by atoms with Crippen LogP contribution in [0.1, 0.15) is 18.1 Å². The molecule has 0 atom stereocenters. The average Bonchev–Trinajstić information content (AvgIpc) is 3.01. The first-order chi connectivity index (χ1) is 14.4. The summed E-state index contributed by atoms with van der Waals surface area (Å²) in [5.74, 6) is -3.49. The lowest BCUT2D eigenvalue weighted by molar-refractivity contribution is -0.114. The van der Waals surface area contributed by atoms with Crippen molar-refractivity contribution in [2.75, 3.05) is 10.9 Å². The average molecular weight is 429 g/mol. The highest BCUT2D eigenvalue weighted by Gasteiger charge is 2.47. The van der Waals surface area contributed by atoms with Gasteiger partial charge in [0.1, 0.15) is 5.92 Å². The van der Waals surface area contributed by atoms with Crippen LogP contribution >= 0.6 is 0 Å². The van der Waals surface area contributed by atoms with Gasteiger partial charge in [0.05, 0.1) is 17.2 Å². The van der Waals surface area contributed by atoms with Crippen LogP contribution in [0.15, 0.2) is 65.7 Å². The molecule has 4 rings (SSSR count). The molecule has 0 saturated carbocycles. The van der Waals surface area contributed by atoms with E-state index in [0.717, 1.165) is 6.07 Å². The van der Waals surface area contributed by atoms with Crippen molar-refractivity contribution in [1.82, 2.24) is 4.98 Å². The molecule has 3 aromatic rings. The molecule has 1 aliphatic heterocycles. The zero-order chi connectivity index (χ0) is 21.5. The summed E-state index contributed by atoms with van der Waals surface area (Å²) in [6.07, 6.45) is 1.44. The second-order valence-corrected chi connectivity index (χ2v) is 8.12. The Hall–Kier alpha value is -3.33. The highest BCUT2D eigenvalue weighted by atomic mass is 32.2. The van der Waals surface area contributed by atoms with Crippen molar-refractivity contribution in [3.05, 3.63) is 89.5 Å². The molecule has 0 bridgehead atoms. The van der Waals surface area contributed by atoms with Crippen LogP contribution in [-0.4, -0.2) is 25.9 Å². The van der Waals surface area contributed by atoms with E-state index in [0.29, 0.717) is 10.4 Å². The second kappa shape index (κ2) is 7.49. The van der Waals surface area contributed by atoms with Gasteiger partial charge in [-0.05, 0) is 31.2 Å². The molecule has 30 heavy (non-hydrogen) atoms. The minimum absolute atomic E-state index is 0.0626. The fourth-order valence-corrected chi connectivity index (χ4v) is 4.69. The molecule has 0 spiro atoms. The summed E-state index contributed by atoms with van der Waals surface area (Å²) < 4.78 is 60.5. The van der Waals surface area contributed by atoms with Crippen LogP contribution in [0.25, 0.3) is 0 Å². The summed E-state index contributed by atoms with van der Waals surface area (Å²) in [5.41, 5.74) is -0.154. The Kier molecular flexibility index (Phi) is 4.98. The fourth-order valence-electron chi connectivity index (χ4n) is 3.26. The fraction of sp³-hybridized carbons (Fsp3) is 0.0952.